The van der Waals surface area contributed by atoms with Crippen LogP contribution in [0.2, 0.25) is 0 Å². The summed E-state index contributed by atoms with van der Waals surface area (Å²) in [6, 6.07) is -0.529. The predicted octanol–water partition coefficient (Wildman–Crippen LogP) is -0.619. The number of likely N-dealkylation sites (N-methyl/N-ethyl adjacent to an activating group) is 1. The molecule has 0 bridgehead atoms. The molecular weight excluding hydrogens is 226 g/mol. The summed E-state index contributed by atoms with van der Waals surface area (Å²) >= 11 is 0. The van der Waals surface area contributed by atoms with Crippen molar-refractivity contribution in [1.29, 1.82) is 0 Å². The van der Waals surface area contributed by atoms with Crippen molar-refractivity contribution in [2.45, 2.75) is 25.8 Å². The fraction of sp³-hybridized carbons (Fsp3) is 0.700. The lowest BCUT2D eigenvalue weighted by Gasteiger charge is -2.27. The molecule has 0 radical (unpaired) electrons. The van der Waals surface area contributed by atoms with E-state index in [1.165, 1.54) is 4.90 Å². The van der Waals surface area contributed by atoms with E-state index >= 15 is 0 Å². The molecule has 1 aliphatic heterocycles. The van der Waals surface area contributed by atoms with E-state index in [0.717, 1.165) is 0 Å². The molecule has 7 nitrogen and oxygen atoms in total. The van der Waals surface area contributed by atoms with E-state index in [2.05, 4.69) is 10.6 Å². The van der Waals surface area contributed by atoms with E-state index < -0.39 is 12.0 Å². The Balaban J connectivity index is 2.41. The van der Waals surface area contributed by atoms with E-state index in [0.29, 0.717) is 25.9 Å². The number of hydrogen-bond acceptors (Lipinski definition) is 3. The Morgan fingerprint density at radius 3 is 2.76 bits per heavy atom. The number of hydrogen-bond donors (Lipinski definition) is 3. The lowest BCUT2D eigenvalue weighted by molar-refractivity contribution is -0.137. The Hall–Kier alpha value is -1.79. The number of aliphatic carboxylic acids is 1. The molecule has 0 aliphatic carbocycles. The number of carbonyl (C=O) groups excluding carboxylic acids is 2. The molecule has 3 N–H and O–H groups in total. The minimum Gasteiger partial charge on any atom is -0.480 e. The summed E-state index contributed by atoms with van der Waals surface area (Å²) in [6.07, 6.45) is 0.970. The van der Waals surface area contributed by atoms with Crippen molar-refractivity contribution in [3.05, 3.63) is 0 Å². The van der Waals surface area contributed by atoms with E-state index in [9.17, 15) is 14.4 Å². The van der Waals surface area contributed by atoms with Crippen LogP contribution in [0.5, 0.6) is 0 Å². The number of urea groups is 1. The smallest absolute Gasteiger partial charge is 0.323 e. The van der Waals surface area contributed by atoms with Crippen molar-refractivity contribution >= 4 is 17.9 Å². The van der Waals surface area contributed by atoms with Gasteiger partial charge in [-0.2, -0.15) is 0 Å². The van der Waals surface area contributed by atoms with Gasteiger partial charge in [-0.3, -0.25) is 9.59 Å². The zero-order valence-electron chi connectivity index (χ0n) is 9.73. The summed E-state index contributed by atoms with van der Waals surface area (Å²) in [6.45, 7) is 2.12. The SMILES string of the molecule is CCN(CC(=O)O)C(=O)NC1CCC(=O)NC1. The highest BCUT2D eigenvalue weighted by Crippen LogP contribution is 2.03. The van der Waals surface area contributed by atoms with Crippen LogP contribution in [0.1, 0.15) is 19.8 Å². The molecule has 17 heavy (non-hydrogen) atoms. The average molecular weight is 243 g/mol. The van der Waals surface area contributed by atoms with Crippen molar-refractivity contribution in [2.75, 3.05) is 19.6 Å². The molecule has 1 fully saturated rings. The molecule has 0 aromatic heterocycles. The van der Waals surface area contributed by atoms with E-state index in [4.69, 9.17) is 5.11 Å². The van der Waals surface area contributed by atoms with Crippen molar-refractivity contribution in [1.82, 2.24) is 15.5 Å². The number of amides is 3. The summed E-state index contributed by atoms with van der Waals surface area (Å²) in [5.41, 5.74) is 0. The van der Waals surface area contributed by atoms with E-state index in [-0.39, 0.29) is 18.5 Å². The minimum atomic E-state index is -1.04. The summed E-state index contributed by atoms with van der Waals surface area (Å²) < 4.78 is 0. The van der Waals surface area contributed by atoms with Crippen LogP contribution in [0.4, 0.5) is 4.79 Å². The van der Waals surface area contributed by atoms with Crippen LogP contribution in [0, 0.1) is 0 Å². The molecule has 1 aliphatic rings. The van der Waals surface area contributed by atoms with Crippen LogP contribution in [0.15, 0.2) is 0 Å². The third kappa shape index (κ3) is 4.29. The lowest BCUT2D eigenvalue weighted by Crippen LogP contribution is -2.52. The number of carbonyl (C=O) groups is 3. The van der Waals surface area contributed by atoms with Gasteiger partial charge in [-0.25, -0.2) is 4.79 Å². The number of nitrogens with one attached hydrogen (secondary N) is 2. The molecule has 7 heteroatoms. The number of nitrogens with zero attached hydrogens (tertiary/aromatic N) is 1. The number of rotatable bonds is 4. The third-order valence-electron chi connectivity index (χ3n) is 2.59. The zero-order chi connectivity index (χ0) is 12.8. The molecule has 0 spiro atoms. The first-order valence-corrected chi connectivity index (χ1v) is 5.56. The Morgan fingerprint density at radius 1 is 1.59 bits per heavy atom. The highest BCUT2D eigenvalue weighted by molar-refractivity contribution is 5.81. The maximum Gasteiger partial charge on any atom is 0.323 e. The summed E-state index contributed by atoms with van der Waals surface area (Å²) in [5, 5.41) is 14.0. The summed E-state index contributed by atoms with van der Waals surface area (Å²) in [4.78, 5) is 34.4. The van der Waals surface area contributed by atoms with E-state index in [1.807, 2.05) is 0 Å². The zero-order valence-corrected chi connectivity index (χ0v) is 9.73. The Labute approximate surface area is 99.2 Å². The normalized spacial score (nSPS) is 19.4. The molecule has 0 aromatic rings. The molecule has 1 unspecified atom stereocenters. The van der Waals surface area contributed by atoms with Crippen LogP contribution < -0.4 is 10.6 Å². The molecule has 0 aromatic carbocycles. The van der Waals surface area contributed by atoms with Gasteiger partial charge in [-0.15, -0.1) is 0 Å². The van der Waals surface area contributed by atoms with Crippen molar-refractivity contribution < 1.29 is 19.5 Å². The van der Waals surface area contributed by atoms with Gasteiger partial charge in [0.05, 0.1) is 0 Å². The first kappa shape index (κ1) is 13.3. The van der Waals surface area contributed by atoms with Gasteiger partial charge < -0.3 is 20.6 Å². The number of piperidine rings is 1. The van der Waals surface area contributed by atoms with Crippen LogP contribution in [-0.2, 0) is 9.59 Å². The van der Waals surface area contributed by atoms with Gasteiger partial charge in [0.15, 0.2) is 0 Å². The van der Waals surface area contributed by atoms with Gasteiger partial charge in [-0.1, -0.05) is 0 Å². The van der Waals surface area contributed by atoms with Gasteiger partial charge in [0.25, 0.3) is 0 Å². The van der Waals surface area contributed by atoms with Gasteiger partial charge in [0.2, 0.25) is 5.91 Å². The van der Waals surface area contributed by atoms with Crippen LogP contribution >= 0.6 is 0 Å². The Kier molecular flexibility index (Phi) is 4.74. The maximum atomic E-state index is 11.7. The molecular formula is C10H17N3O4. The summed E-state index contributed by atoms with van der Waals surface area (Å²) in [7, 11) is 0. The lowest BCUT2D eigenvalue weighted by atomic mass is 10.1. The van der Waals surface area contributed by atoms with Crippen molar-refractivity contribution in [3.63, 3.8) is 0 Å². The highest BCUT2D eigenvalue weighted by Gasteiger charge is 2.22. The second kappa shape index (κ2) is 6.07. The molecule has 96 valence electrons. The first-order chi connectivity index (χ1) is 8.02. The first-order valence-electron chi connectivity index (χ1n) is 5.56. The fourth-order valence-electron chi connectivity index (χ4n) is 1.61. The molecule has 1 atom stereocenters. The third-order valence-corrected chi connectivity index (χ3v) is 2.59. The van der Waals surface area contributed by atoms with Gasteiger partial charge >= 0.3 is 12.0 Å². The van der Waals surface area contributed by atoms with Gasteiger partial charge in [0.1, 0.15) is 6.54 Å². The minimum absolute atomic E-state index is 0.0200. The monoisotopic (exact) mass is 243 g/mol. The maximum absolute atomic E-state index is 11.7. The van der Waals surface area contributed by atoms with Crippen LogP contribution in [-0.4, -0.2) is 53.6 Å². The van der Waals surface area contributed by atoms with Gasteiger partial charge in [-0.05, 0) is 13.3 Å². The Morgan fingerprint density at radius 2 is 2.29 bits per heavy atom. The Bertz CT molecular complexity index is 309. The quantitative estimate of drug-likeness (QED) is 0.613. The van der Waals surface area contributed by atoms with Crippen molar-refractivity contribution in [3.8, 4) is 0 Å². The summed E-state index contributed by atoms with van der Waals surface area (Å²) in [5.74, 6) is -1.06. The molecule has 0 saturated carbocycles. The van der Waals surface area contributed by atoms with Gasteiger partial charge in [0, 0.05) is 25.6 Å². The molecule has 1 heterocycles. The van der Waals surface area contributed by atoms with Crippen LogP contribution in [0.25, 0.3) is 0 Å². The van der Waals surface area contributed by atoms with Crippen molar-refractivity contribution in [2.24, 2.45) is 0 Å². The predicted molar refractivity (Wildman–Crippen MR) is 59.4 cm³/mol. The topological polar surface area (TPSA) is 98.7 Å². The van der Waals surface area contributed by atoms with Crippen LogP contribution in [0.3, 0.4) is 0 Å². The standard InChI is InChI=1S/C10H17N3O4/c1-2-13(6-9(15)16)10(17)12-7-3-4-8(14)11-5-7/h7H,2-6H2,1H3,(H,11,14)(H,12,17)(H,15,16). The fourth-order valence-corrected chi connectivity index (χ4v) is 1.61. The second-order valence-electron chi connectivity index (χ2n) is 3.90. The number of carboxylic acids is 1. The average Bonchev–Trinajstić information content (AvgIpc) is 2.28. The molecule has 3 amide bonds. The second-order valence-corrected chi connectivity index (χ2v) is 3.90. The largest absolute Gasteiger partial charge is 0.480 e. The van der Waals surface area contributed by atoms with E-state index in [1.54, 1.807) is 6.92 Å². The molecule has 1 rings (SSSR count). The highest BCUT2D eigenvalue weighted by atomic mass is 16.4. The number of carboxylic acid groups (broad SMARTS) is 1. The molecule has 1 saturated heterocycles.